The van der Waals surface area contributed by atoms with Crippen molar-refractivity contribution in [3.8, 4) is 0 Å². The van der Waals surface area contributed by atoms with Gasteiger partial charge in [0.15, 0.2) is 5.92 Å². The van der Waals surface area contributed by atoms with Crippen molar-refractivity contribution in [1.29, 1.82) is 0 Å². The highest BCUT2D eigenvalue weighted by molar-refractivity contribution is 5.71. The Morgan fingerprint density at radius 1 is 1.29 bits per heavy atom. The van der Waals surface area contributed by atoms with E-state index >= 15 is 0 Å². The van der Waals surface area contributed by atoms with E-state index in [0.29, 0.717) is 5.56 Å². The topological polar surface area (TPSA) is 46.5 Å². The molecule has 1 aromatic rings. The van der Waals surface area contributed by atoms with Crippen LogP contribution in [0.2, 0.25) is 0 Å². The molecule has 17 heavy (non-hydrogen) atoms. The average molecular weight is 248 g/mol. The minimum absolute atomic E-state index is 0.0410. The van der Waals surface area contributed by atoms with Gasteiger partial charge in [-0.2, -0.15) is 13.2 Å². The molecule has 0 heterocycles. The Balaban J connectivity index is 2.46. The molecule has 0 aromatic heterocycles. The number of carboxylic acid groups (broad SMARTS) is 1. The van der Waals surface area contributed by atoms with Crippen LogP contribution < -0.4 is 0 Å². The molecule has 0 aliphatic carbocycles. The summed E-state index contributed by atoms with van der Waals surface area (Å²) in [4.78, 5) is 10.4. The van der Waals surface area contributed by atoms with Gasteiger partial charge in [0.05, 0.1) is 13.2 Å². The summed E-state index contributed by atoms with van der Waals surface area (Å²) in [7, 11) is 0. The molecular weight excluding hydrogens is 237 g/mol. The summed E-state index contributed by atoms with van der Waals surface area (Å²) in [6.07, 6.45) is -4.79. The molecule has 0 saturated heterocycles. The summed E-state index contributed by atoms with van der Waals surface area (Å²) >= 11 is 0. The Labute approximate surface area is 95.8 Å². The normalized spacial score (nSPS) is 13.4. The van der Waals surface area contributed by atoms with E-state index in [9.17, 15) is 18.0 Å². The van der Waals surface area contributed by atoms with E-state index in [4.69, 9.17) is 9.84 Å². The number of ether oxygens (including phenoxy) is 1. The number of hydrogen-bond donors (Lipinski definition) is 1. The van der Waals surface area contributed by atoms with Gasteiger partial charge in [0.1, 0.15) is 0 Å². The molecule has 0 radical (unpaired) electrons. The second-order valence-electron chi connectivity index (χ2n) is 3.43. The van der Waals surface area contributed by atoms with Crippen LogP contribution in [0.3, 0.4) is 0 Å². The Bertz CT molecular complexity index is 362. The average Bonchev–Trinajstić information content (AvgIpc) is 2.23. The Kier molecular flexibility index (Phi) is 4.51. The Hall–Kier alpha value is -1.56. The minimum Gasteiger partial charge on any atom is -0.481 e. The third kappa shape index (κ3) is 4.44. The van der Waals surface area contributed by atoms with Gasteiger partial charge < -0.3 is 9.84 Å². The summed E-state index contributed by atoms with van der Waals surface area (Å²) in [6.45, 7) is -0.922. The number of aliphatic carboxylic acids is 1. The summed E-state index contributed by atoms with van der Waals surface area (Å²) in [5.41, 5.74) is 0.693. The lowest BCUT2D eigenvalue weighted by Crippen LogP contribution is -2.34. The lowest BCUT2D eigenvalue weighted by atomic mass is 10.1. The van der Waals surface area contributed by atoms with E-state index < -0.39 is 24.7 Å². The molecule has 94 valence electrons. The van der Waals surface area contributed by atoms with E-state index in [1.165, 1.54) is 0 Å². The highest BCUT2D eigenvalue weighted by Crippen LogP contribution is 2.26. The van der Waals surface area contributed by atoms with Crippen molar-refractivity contribution in [3.05, 3.63) is 35.9 Å². The molecule has 1 N–H and O–H groups in total. The fourth-order valence-corrected chi connectivity index (χ4v) is 1.17. The highest BCUT2D eigenvalue weighted by Gasteiger charge is 2.45. The monoisotopic (exact) mass is 248 g/mol. The maximum atomic E-state index is 12.2. The van der Waals surface area contributed by atoms with Crippen LogP contribution in [0.15, 0.2) is 30.3 Å². The fraction of sp³-hybridized carbons (Fsp3) is 0.364. The van der Waals surface area contributed by atoms with Crippen LogP contribution in [0.1, 0.15) is 5.56 Å². The number of halogens is 3. The first-order chi connectivity index (χ1) is 7.91. The zero-order valence-corrected chi connectivity index (χ0v) is 8.78. The predicted octanol–water partition coefficient (Wildman–Crippen LogP) is 2.47. The molecule has 0 aliphatic heterocycles. The summed E-state index contributed by atoms with van der Waals surface area (Å²) in [5, 5.41) is 8.41. The van der Waals surface area contributed by atoms with Gasteiger partial charge >= 0.3 is 12.1 Å². The first-order valence-corrected chi connectivity index (χ1v) is 4.82. The van der Waals surface area contributed by atoms with Crippen molar-refractivity contribution in [2.24, 2.45) is 5.92 Å². The first kappa shape index (κ1) is 13.5. The Morgan fingerprint density at radius 2 is 1.88 bits per heavy atom. The number of carbonyl (C=O) groups is 1. The summed E-state index contributed by atoms with van der Waals surface area (Å²) in [6, 6.07) is 8.57. The van der Waals surface area contributed by atoms with E-state index in [-0.39, 0.29) is 6.61 Å². The third-order valence-electron chi connectivity index (χ3n) is 2.09. The van der Waals surface area contributed by atoms with Crippen LogP contribution >= 0.6 is 0 Å². The van der Waals surface area contributed by atoms with Crippen molar-refractivity contribution < 1.29 is 27.8 Å². The number of carboxylic acids is 1. The molecule has 0 saturated carbocycles. The largest absolute Gasteiger partial charge is 0.481 e. The number of hydrogen-bond acceptors (Lipinski definition) is 2. The molecule has 1 rings (SSSR count). The van der Waals surface area contributed by atoms with Gasteiger partial charge in [0.2, 0.25) is 0 Å². The maximum Gasteiger partial charge on any atom is 0.404 e. The molecular formula is C11H11F3O3. The second-order valence-corrected chi connectivity index (χ2v) is 3.43. The van der Waals surface area contributed by atoms with Crippen molar-refractivity contribution >= 4 is 5.97 Å². The van der Waals surface area contributed by atoms with Crippen LogP contribution in [0.25, 0.3) is 0 Å². The van der Waals surface area contributed by atoms with Crippen LogP contribution in [0, 0.1) is 5.92 Å². The summed E-state index contributed by atoms with van der Waals surface area (Å²) < 4.78 is 41.5. The number of benzene rings is 1. The van der Waals surface area contributed by atoms with Gasteiger partial charge in [0.25, 0.3) is 0 Å². The van der Waals surface area contributed by atoms with Crippen LogP contribution in [0.4, 0.5) is 13.2 Å². The molecule has 1 atom stereocenters. The van der Waals surface area contributed by atoms with E-state index in [0.717, 1.165) is 0 Å². The van der Waals surface area contributed by atoms with Gasteiger partial charge in [-0.05, 0) is 5.56 Å². The molecule has 6 heteroatoms. The molecule has 1 unspecified atom stereocenters. The molecule has 1 aromatic carbocycles. The van der Waals surface area contributed by atoms with Crippen molar-refractivity contribution in [2.75, 3.05) is 6.61 Å². The van der Waals surface area contributed by atoms with Gasteiger partial charge in [-0.25, -0.2) is 0 Å². The van der Waals surface area contributed by atoms with E-state index in [1.807, 2.05) is 0 Å². The van der Waals surface area contributed by atoms with Crippen molar-refractivity contribution in [3.63, 3.8) is 0 Å². The zero-order valence-electron chi connectivity index (χ0n) is 8.78. The van der Waals surface area contributed by atoms with Crippen molar-refractivity contribution in [2.45, 2.75) is 12.8 Å². The standard InChI is InChI=1S/C11H11F3O3/c12-11(13,14)9(10(15)16)7-17-6-8-4-2-1-3-5-8/h1-5,9H,6-7H2,(H,15,16). The zero-order chi connectivity index (χ0) is 12.9. The van der Waals surface area contributed by atoms with Crippen LogP contribution in [-0.2, 0) is 16.1 Å². The SMILES string of the molecule is O=C(O)C(COCc1ccccc1)C(F)(F)F. The first-order valence-electron chi connectivity index (χ1n) is 4.82. The smallest absolute Gasteiger partial charge is 0.404 e. The minimum atomic E-state index is -4.79. The molecule has 0 amide bonds. The second kappa shape index (κ2) is 5.67. The fourth-order valence-electron chi connectivity index (χ4n) is 1.17. The predicted molar refractivity (Wildman–Crippen MR) is 53.3 cm³/mol. The molecule has 0 bridgehead atoms. The Morgan fingerprint density at radius 3 is 2.35 bits per heavy atom. The highest BCUT2D eigenvalue weighted by atomic mass is 19.4. The quantitative estimate of drug-likeness (QED) is 0.870. The van der Waals surface area contributed by atoms with Gasteiger partial charge in [-0.1, -0.05) is 30.3 Å². The van der Waals surface area contributed by atoms with E-state index in [2.05, 4.69) is 0 Å². The van der Waals surface area contributed by atoms with E-state index in [1.54, 1.807) is 30.3 Å². The lowest BCUT2D eigenvalue weighted by Gasteiger charge is -2.15. The van der Waals surface area contributed by atoms with Crippen LogP contribution in [-0.4, -0.2) is 23.9 Å². The molecule has 0 fully saturated rings. The summed E-state index contributed by atoms with van der Waals surface area (Å²) in [5.74, 6) is -4.41. The number of rotatable bonds is 5. The molecule has 3 nitrogen and oxygen atoms in total. The van der Waals surface area contributed by atoms with Gasteiger partial charge in [-0.15, -0.1) is 0 Å². The lowest BCUT2D eigenvalue weighted by molar-refractivity contribution is -0.203. The van der Waals surface area contributed by atoms with Crippen LogP contribution in [0.5, 0.6) is 0 Å². The third-order valence-corrected chi connectivity index (χ3v) is 2.09. The van der Waals surface area contributed by atoms with Gasteiger partial charge in [-0.3, -0.25) is 4.79 Å². The number of alkyl halides is 3. The maximum absolute atomic E-state index is 12.2. The molecule has 0 spiro atoms. The van der Waals surface area contributed by atoms with Gasteiger partial charge in [0, 0.05) is 0 Å². The van der Waals surface area contributed by atoms with Crippen molar-refractivity contribution in [1.82, 2.24) is 0 Å². The molecule has 0 aliphatic rings.